The normalized spacial score (nSPS) is 14.0. The van der Waals surface area contributed by atoms with Gasteiger partial charge in [-0.1, -0.05) is 42.5 Å². The number of nitrogens with one attached hydrogen (secondary N) is 1. The molecule has 0 saturated heterocycles. The molecule has 1 N–H and O–H groups in total. The van der Waals surface area contributed by atoms with Gasteiger partial charge in [-0.15, -0.1) is 0 Å². The Morgan fingerprint density at radius 3 is 2.05 bits per heavy atom. The van der Waals surface area contributed by atoms with Crippen molar-refractivity contribution in [3.8, 4) is 5.75 Å². The van der Waals surface area contributed by atoms with E-state index in [0.717, 1.165) is 5.75 Å². The minimum Gasteiger partial charge on any atom is -0.491 e. The Morgan fingerprint density at radius 2 is 1.38 bits per heavy atom. The van der Waals surface area contributed by atoms with E-state index in [1.54, 1.807) is 0 Å². The monoisotopic (exact) mass is 283 g/mol. The molecule has 2 heteroatoms. The first kappa shape index (κ1) is 15.6. The number of hydrogen-bond donors (Lipinski definition) is 1. The van der Waals surface area contributed by atoms with E-state index in [-0.39, 0.29) is 12.1 Å². The van der Waals surface area contributed by atoms with Gasteiger partial charge in [0.15, 0.2) is 0 Å². The zero-order valence-electron chi connectivity index (χ0n) is 13.3. The number of benzene rings is 2. The van der Waals surface area contributed by atoms with E-state index >= 15 is 0 Å². The van der Waals surface area contributed by atoms with Crippen molar-refractivity contribution in [3.05, 3.63) is 65.7 Å². The molecule has 112 valence electrons. The smallest absolute Gasteiger partial charge is 0.120 e. The van der Waals surface area contributed by atoms with Gasteiger partial charge in [-0.3, -0.25) is 0 Å². The molecule has 0 amide bonds. The molecule has 2 aromatic carbocycles. The van der Waals surface area contributed by atoms with Crippen LogP contribution in [0.25, 0.3) is 0 Å². The molecule has 0 fully saturated rings. The van der Waals surface area contributed by atoms with Gasteiger partial charge in [0.2, 0.25) is 0 Å². The Bertz CT molecular complexity index is 551. The molecular formula is C19H25NO. The maximum absolute atomic E-state index is 5.77. The van der Waals surface area contributed by atoms with Crippen molar-refractivity contribution in [2.75, 3.05) is 0 Å². The lowest BCUT2D eigenvalue weighted by Crippen LogP contribution is -2.22. The molecular weight excluding hydrogens is 258 g/mol. The van der Waals surface area contributed by atoms with E-state index in [1.165, 1.54) is 11.1 Å². The van der Waals surface area contributed by atoms with Crippen molar-refractivity contribution >= 4 is 0 Å². The zero-order valence-corrected chi connectivity index (χ0v) is 13.3. The molecule has 0 aromatic heterocycles. The lowest BCUT2D eigenvalue weighted by molar-refractivity contribution is 0.242. The van der Waals surface area contributed by atoms with E-state index in [4.69, 9.17) is 4.74 Å². The van der Waals surface area contributed by atoms with Gasteiger partial charge in [-0.25, -0.2) is 0 Å². The Labute approximate surface area is 128 Å². The molecule has 0 radical (unpaired) electrons. The molecule has 0 spiro atoms. The zero-order chi connectivity index (χ0) is 15.2. The maximum atomic E-state index is 5.77. The molecule has 2 aromatic rings. The summed E-state index contributed by atoms with van der Waals surface area (Å²) in [5.74, 6) is 0.934. The van der Waals surface area contributed by atoms with Crippen LogP contribution in [0.1, 0.15) is 50.9 Å². The van der Waals surface area contributed by atoms with Gasteiger partial charge in [-0.2, -0.15) is 0 Å². The van der Waals surface area contributed by atoms with Crippen LogP contribution in [-0.2, 0) is 0 Å². The summed E-state index contributed by atoms with van der Waals surface area (Å²) in [7, 11) is 0. The van der Waals surface area contributed by atoms with E-state index in [9.17, 15) is 0 Å². The molecule has 0 saturated carbocycles. The predicted molar refractivity (Wildman–Crippen MR) is 88.6 cm³/mol. The molecule has 2 rings (SSSR count). The third kappa shape index (κ3) is 4.61. The van der Waals surface area contributed by atoms with Crippen LogP contribution in [-0.4, -0.2) is 6.10 Å². The summed E-state index contributed by atoms with van der Waals surface area (Å²) in [4.78, 5) is 0. The predicted octanol–water partition coefficient (Wildman–Crippen LogP) is 4.89. The van der Waals surface area contributed by atoms with Gasteiger partial charge in [0.05, 0.1) is 6.10 Å². The van der Waals surface area contributed by atoms with Crippen LogP contribution < -0.4 is 10.1 Å². The summed E-state index contributed by atoms with van der Waals surface area (Å²) in [5.41, 5.74) is 2.55. The first-order valence-electron chi connectivity index (χ1n) is 7.64. The fraction of sp³-hybridized carbons (Fsp3) is 0.368. The lowest BCUT2D eigenvalue weighted by atomic mass is 10.0. The molecule has 21 heavy (non-hydrogen) atoms. The number of rotatable bonds is 6. The average molecular weight is 283 g/mol. The first-order chi connectivity index (χ1) is 10.1. The second kappa shape index (κ2) is 7.28. The Balaban J connectivity index is 2.04. The Morgan fingerprint density at radius 1 is 0.762 bits per heavy atom. The highest BCUT2D eigenvalue weighted by molar-refractivity contribution is 5.31. The first-order valence-corrected chi connectivity index (χ1v) is 7.64. The van der Waals surface area contributed by atoms with Crippen molar-refractivity contribution < 1.29 is 4.74 Å². The van der Waals surface area contributed by atoms with E-state index < -0.39 is 0 Å². The summed E-state index contributed by atoms with van der Waals surface area (Å²) in [6.45, 7) is 8.48. The molecule has 0 bridgehead atoms. The van der Waals surface area contributed by atoms with Crippen molar-refractivity contribution in [2.24, 2.45) is 0 Å². The molecule has 0 aliphatic rings. The van der Waals surface area contributed by atoms with Crippen molar-refractivity contribution in [2.45, 2.75) is 45.9 Å². The third-order valence-corrected chi connectivity index (χ3v) is 3.53. The molecule has 0 heterocycles. The van der Waals surface area contributed by atoms with E-state index in [0.29, 0.717) is 6.04 Å². The van der Waals surface area contributed by atoms with Crippen molar-refractivity contribution in [3.63, 3.8) is 0 Å². The topological polar surface area (TPSA) is 21.3 Å². The third-order valence-electron chi connectivity index (χ3n) is 3.53. The quantitative estimate of drug-likeness (QED) is 0.815. The lowest BCUT2D eigenvalue weighted by Gasteiger charge is -2.21. The van der Waals surface area contributed by atoms with Crippen LogP contribution in [0.5, 0.6) is 5.75 Å². The summed E-state index contributed by atoms with van der Waals surface area (Å²) >= 11 is 0. The average Bonchev–Trinajstić information content (AvgIpc) is 2.47. The van der Waals surface area contributed by atoms with Crippen LogP contribution >= 0.6 is 0 Å². The number of hydrogen-bond acceptors (Lipinski definition) is 2. The summed E-state index contributed by atoms with van der Waals surface area (Å²) in [5, 5.41) is 3.64. The maximum Gasteiger partial charge on any atom is 0.120 e. The molecule has 2 unspecified atom stereocenters. The van der Waals surface area contributed by atoms with Crippen molar-refractivity contribution in [1.29, 1.82) is 0 Å². The highest BCUT2D eigenvalue weighted by Crippen LogP contribution is 2.23. The fourth-order valence-electron chi connectivity index (χ4n) is 2.44. The van der Waals surface area contributed by atoms with Crippen LogP contribution in [0.3, 0.4) is 0 Å². The highest BCUT2D eigenvalue weighted by atomic mass is 16.5. The van der Waals surface area contributed by atoms with Gasteiger partial charge in [0, 0.05) is 12.1 Å². The Kier molecular flexibility index (Phi) is 5.40. The molecule has 2 nitrogen and oxygen atoms in total. The van der Waals surface area contributed by atoms with Crippen LogP contribution in [0.2, 0.25) is 0 Å². The van der Waals surface area contributed by atoms with E-state index in [2.05, 4.69) is 61.6 Å². The SMILES string of the molecule is CC(C)Oc1cccc(C(C)NC(C)c2ccccc2)c1. The highest BCUT2D eigenvalue weighted by Gasteiger charge is 2.11. The molecule has 0 aliphatic heterocycles. The standard InChI is InChI=1S/C19H25NO/c1-14(2)21-19-12-8-11-18(13-19)16(4)20-15(3)17-9-6-5-7-10-17/h5-16,20H,1-4H3. The van der Waals surface area contributed by atoms with Crippen LogP contribution in [0, 0.1) is 0 Å². The minimum atomic E-state index is 0.201. The number of ether oxygens (including phenoxy) is 1. The second-order valence-electron chi connectivity index (χ2n) is 5.76. The van der Waals surface area contributed by atoms with Gasteiger partial charge in [0.25, 0.3) is 0 Å². The largest absolute Gasteiger partial charge is 0.491 e. The minimum absolute atomic E-state index is 0.201. The van der Waals surface area contributed by atoms with E-state index in [1.807, 2.05) is 26.0 Å². The van der Waals surface area contributed by atoms with Gasteiger partial charge >= 0.3 is 0 Å². The summed E-state index contributed by atoms with van der Waals surface area (Å²) in [6, 6.07) is 19.4. The summed E-state index contributed by atoms with van der Waals surface area (Å²) in [6.07, 6.45) is 0.201. The van der Waals surface area contributed by atoms with Gasteiger partial charge in [0.1, 0.15) is 5.75 Å². The van der Waals surface area contributed by atoms with Crippen LogP contribution in [0.4, 0.5) is 0 Å². The van der Waals surface area contributed by atoms with Crippen molar-refractivity contribution in [1.82, 2.24) is 5.32 Å². The van der Waals surface area contributed by atoms with Gasteiger partial charge < -0.3 is 10.1 Å². The molecule has 0 aliphatic carbocycles. The van der Waals surface area contributed by atoms with Gasteiger partial charge in [-0.05, 0) is 51.0 Å². The second-order valence-corrected chi connectivity index (χ2v) is 5.76. The molecule has 2 atom stereocenters. The van der Waals surface area contributed by atoms with Crippen LogP contribution in [0.15, 0.2) is 54.6 Å². The summed E-state index contributed by atoms with van der Waals surface area (Å²) < 4.78 is 5.77. The fourth-order valence-corrected chi connectivity index (χ4v) is 2.44. The Hall–Kier alpha value is -1.80.